The van der Waals surface area contributed by atoms with E-state index in [0.717, 1.165) is 12.8 Å². The molecule has 0 spiro atoms. The van der Waals surface area contributed by atoms with Gasteiger partial charge in [-0.1, -0.05) is 0 Å². The molecule has 2 rings (SSSR count). The first-order valence-corrected chi connectivity index (χ1v) is 8.53. The van der Waals surface area contributed by atoms with Crippen LogP contribution in [0, 0.1) is 0 Å². The molecule has 0 aromatic rings. The molecule has 0 saturated carbocycles. The average molecular weight is 290 g/mol. The van der Waals surface area contributed by atoms with Gasteiger partial charge in [0, 0.05) is 32.8 Å². The van der Waals surface area contributed by atoms with Gasteiger partial charge >= 0.3 is 0 Å². The lowest BCUT2D eigenvalue weighted by Crippen LogP contribution is -2.42. The molecule has 0 aromatic carbocycles. The fourth-order valence-electron chi connectivity index (χ4n) is 2.55. The molecule has 0 aromatic heterocycles. The fourth-order valence-corrected chi connectivity index (χ4v) is 3.68. The molecule has 0 N–H and O–H groups in total. The predicted octanol–water partition coefficient (Wildman–Crippen LogP) is 0.0494. The van der Waals surface area contributed by atoms with E-state index >= 15 is 0 Å². The van der Waals surface area contributed by atoms with Crippen LogP contribution in [0.15, 0.2) is 0 Å². The Hall–Kier alpha value is -0.660. The molecule has 0 bridgehead atoms. The van der Waals surface area contributed by atoms with Crippen LogP contribution in [0.3, 0.4) is 0 Å². The van der Waals surface area contributed by atoms with Gasteiger partial charge in [-0.2, -0.15) is 0 Å². The van der Waals surface area contributed by atoms with Crippen LogP contribution in [0.5, 0.6) is 0 Å². The first kappa shape index (κ1) is 14.7. The molecule has 19 heavy (non-hydrogen) atoms. The molecule has 2 heterocycles. The van der Waals surface area contributed by atoms with Crippen LogP contribution in [0.25, 0.3) is 0 Å². The number of nitrogens with zero attached hydrogens (tertiary/aromatic N) is 2. The van der Waals surface area contributed by atoms with Crippen LogP contribution in [0.1, 0.15) is 26.2 Å². The van der Waals surface area contributed by atoms with Gasteiger partial charge in [-0.05, 0) is 26.2 Å². The summed E-state index contributed by atoms with van der Waals surface area (Å²) in [7, 11) is -3.15. The lowest BCUT2D eigenvalue weighted by Gasteiger charge is -2.23. The van der Waals surface area contributed by atoms with Crippen molar-refractivity contribution in [3.63, 3.8) is 0 Å². The van der Waals surface area contributed by atoms with Gasteiger partial charge in [-0.3, -0.25) is 4.79 Å². The van der Waals surface area contributed by atoms with Gasteiger partial charge < -0.3 is 9.64 Å². The molecule has 7 heteroatoms. The Morgan fingerprint density at radius 1 is 1.21 bits per heavy atom. The highest BCUT2D eigenvalue weighted by atomic mass is 32.2. The molecular weight excluding hydrogens is 268 g/mol. The summed E-state index contributed by atoms with van der Waals surface area (Å²) in [6.45, 7) is 4.29. The Kier molecular flexibility index (Phi) is 4.81. The predicted molar refractivity (Wildman–Crippen MR) is 71.2 cm³/mol. The summed E-state index contributed by atoms with van der Waals surface area (Å²) in [5.41, 5.74) is 0. The van der Waals surface area contributed by atoms with Crippen molar-refractivity contribution in [2.24, 2.45) is 0 Å². The molecule has 2 aliphatic rings. The lowest BCUT2D eigenvalue weighted by molar-refractivity contribution is -0.140. The van der Waals surface area contributed by atoms with E-state index in [1.807, 2.05) is 0 Å². The van der Waals surface area contributed by atoms with Crippen molar-refractivity contribution in [1.29, 1.82) is 0 Å². The summed E-state index contributed by atoms with van der Waals surface area (Å²) in [5.74, 6) is 0.139. The normalized spacial score (nSPS) is 26.4. The molecule has 1 amide bonds. The van der Waals surface area contributed by atoms with Crippen molar-refractivity contribution >= 4 is 15.9 Å². The second-order valence-electron chi connectivity index (χ2n) is 4.98. The Labute approximate surface area is 114 Å². The lowest BCUT2D eigenvalue weighted by atomic mass is 10.2. The summed E-state index contributed by atoms with van der Waals surface area (Å²) >= 11 is 0. The second-order valence-corrected chi connectivity index (χ2v) is 7.24. The summed E-state index contributed by atoms with van der Waals surface area (Å²) in [5, 5.41) is 0. The fraction of sp³-hybridized carbons (Fsp3) is 0.917. The van der Waals surface area contributed by atoms with Gasteiger partial charge in [-0.25, -0.2) is 12.7 Å². The van der Waals surface area contributed by atoms with Gasteiger partial charge in [0.05, 0.1) is 5.75 Å². The van der Waals surface area contributed by atoms with Crippen molar-refractivity contribution in [2.45, 2.75) is 32.3 Å². The maximum absolute atomic E-state index is 12.2. The van der Waals surface area contributed by atoms with Crippen LogP contribution in [-0.4, -0.2) is 68.2 Å². The number of sulfonamides is 1. The van der Waals surface area contributed by atoms with Crippen LogP contribution in [-0.2, 0) is 19.6 Å². The van der Waals surface area contributed by atoms with E-state index in [1.54, 1.807) is 11.8 Å². The number of carbonyl (C=O) groups excluding carboxylic acids is 1. The third-order valence-electron chi connectivity index (χ3n) is 3.73. The number of hydrogen-bond acceptors (Lipinski definition) is 4. The summed E-state index contributed by atoms with van der Waals surface area (Å²) < 4.78 is 30.6. The Morgan fingerprint density at radius 2 is 2.00 bits per heavy atom. The minimum absolute atomic E-state index is 0.0215. The largest absolute Gasteiger partial charge is 0.368 e. The van der Waals surface area contributed by atoms with E-state index in [0.29, 0.717) is 39.2 Å². The minimum atomic E-state index is -3.15. The molecule has 2 aliphatic heterocycles. The molecule has 6 nitrogen and oxygen atoms in total. The second kappa shape index (κ2) is 6.19. The smallest absolute Gasteiger partial charge is 0.251 e. The van der Waals surface area contributed by atoms with Gasteiger partial charge in [0.25, 0.3) is 5.91 Å². The zero-order valence-corrected chi connectivity index (χ0v) is 12.2. The third kappa shape index (κ3) is 3.46. The quantitative estimate of drug-likeness (QED) is 0.736. The first-order chi connectivity index (χ1) is 9.04. The standard InChI is InChI=1S/C12H22N2O4S/c1-2-19(16,17)14-7-4-6-13(8-9-14)12(15)11-5-3-10-18-11/h11H,2-10H2,1H3/t11-/m1/s1. The molecule has 1 atom stereocenters. The SMILES string of the molecule is CCS(=O)(=O)N1CCCN(C(=O)[C@H]2CCCO2)CC1. The van der Waals surface area contributed by atoms with Crippen molar-refractivity contribution in [1.82, 2.24) is 9.21 Å². The number of ether oxygens (including phenoxy) is 1. The van der Waals surface area contributed by atoms with Crippen LogP contribution >= 0.6 is 0 Å². The molecule has 2 saturated heterocycles. The monoisotopic (exact) mass is 290 g/mol. The Morgan fingerprint density at radius 3 is 2.63 bits per heavy atom. The summed E-state index contributed by atoms with van der Waals surface area (Å²) in [6.07, 6.45) is 2.10. The van der Waals surface area contributed by atoms with Crippen molar-refractivity contribution < 1.29 is 17.9 Å². The zero-order chi connectivity index (χ0) is 13.9. The zero-order valence-electron chi connectivity index (χ0n) is 11.4. The topological polar surface area (TPSA) is 66.9 Å². The molecule has 0 aliphatic carbocycles. The van der Waals surface area contributed by atoms with Crippen molar-refractivity contribution in [3.05, 3.63) is 0 Å². The van der Waals surface area contributed by atoms with Gasteiger partial charge in [0.15, 0.2) is 0 Å². The highest BCUT2D eigenvalue weighted by Crippen LogP contribution is 2.16. The maximum atomic E-state index is 12.2. The van der Waals surface area contributed by atoms with Crippen LogP contribution in [0.4, 0.5) is 0 Å². The highest BCUT2D eigenvalue weighted by molar-refractivity contribution is 7.89. The van der Waals surface area contributed by atoms with E-state index in [1.165, 1.54) is 4.31 Å². The first-order valence-electron chi connectivity index (χ1n) is 6.93. The van der Waals surface area contributed by atoms with Crippen LogP contribution in [0.2, 0.25) is 0 Å². The highest BCUT2D eigenvalue weighted by Gasteiger charge is 2.31. The summed E-state index contributed by atoms with van der Waals surface area (Å²) in [6, 6.07) is 0. The Balaban J connectivity index is 1.94. The number of carbonyl (C=O) groups is 1. The van der Waals surface area contributed by atoms with E-state index in [4.69, 9.17) is 4.74 Å². The van der Waals surface area contributed by atoms with E-state index < -0.39 is 10.0 Å². The minimum Gasteiger partial charge on any atom is -0.368 e. The van der Waals surface area contributed by atoms with Gasteiger partial charge in [0.1, 0.15) is 6.10 Å². The van der Waals surface area contributed by atoms with E-state index in [2.05, 4.69) is 0 Å². The van der Waals surface area contributed by atoms with Gasteiger partial charge in [-0.15, -0.1) is 0 Å². The third-order valence-corrected chi connectivity index (χ3v) is 5.61. The Bertz CT molecular complexity index is 417. The van der Waals surface area contributed by atoms with Crippen molar-refractivity contribution in [3.8, 4) is 0 Å². The maximum Gasteiger partial charge on any atom is 0.251 e. The molecule has 2 fully saturated rings. The van der Waals surface area contributed by atoms with Gasteiger partial charge in [0.2, 0.25) is 10.0 Å². The van der Waals surface area contributed by atoms with Crippen LogP contribution < -0.4 is 0 Å². The molecular formula is C12H22N2O4S. The molecule has 110 valence electrons. The van der Waals surface area contributed by atoms with E-state index in [9.17, 15) is 13.2 Å². The number of rotatable bonds is 3. The summed E-state index contributed by atoms with van der Waals surface area (Å²) in [4.78, 5) is 14.0. The number of amides is 1. The molecule has 0 radical (unpaired) electrons. The molecule has 0 unspecified atom stereocenters. The van der Waals surface area contributed by atoms with E-state index in [-0.39, 0.29) is 17.8 Å². The average Bonchev–Trinajstić information content (AvgIpc) is 2.81. The number of hydrogen-bond donors (Lipinski definition) is 0. The van der Waals surface area contributed by atoms with Crippen molar-refractivity contribution in [2.75, 3.05) is 38.5 Å².